The summed E-state index contributed by atoms with van der Waals surface area (Å²) in [4.78, 5) is 28.3. The van der Waals surface area contributed by atoms with E-state index in [1.54, 1.807) is 11.0 Å². The van der Waals surface area contributed by atoms with Gasteiger partial charge < -0.3 is 15.1 Å². The number of likely N-dealkylation sites (tertiary alicyclic amines) is 1. The third-order valence-corrected chi connectivity index (χ3v) is 3.66. The Kier molecular flexibility index (Phi) is 4.55. The van der Waals surface area contributed by atoms with E-state index in [1.807, 2.05) is 0 Å². The van der Waals surface area contributed by atoms with Crippen molar-refractivity contribution in [2.75, 3.05) is 13.1 Å². The normalized spacial score (nSPS) is 16.1. The summed E-state index contributed by atoms with van der Waals surface area (Å²) < 4.78 is 0. The summed E-state index contributed by atoms with van der Waals surface area (Å²) in [5, 5.41) is 18.3. The van der Waals surface area contributed by atoms with Crippen LogP contribution in [0.4, 0.5) is 0 Å². The van der Waals surface area contributed by atoms with Gasteiger partial charge in [0.2, 0.25) is 0 Å². The molecule has 1 aromatic rings. The number of carboxylic acid groups (broad SMARTS) is 1. The minimum absolute atomic E-state index is 0.0801. The van der Waals surface area contributed by atoms with E-state index in [2.05, 4.69) is 4.98 Å². The lowest BCUT2D eigenvalue weighted by Crippen LogP contribution is -2.39. The summed E-state index contributed by atoms with van der Waals surface area (Å²) in [5.41, 5.74) is 0.0801. The topological polar surface area (TPSA) is 90.7 Å². The number of carbonyl (C=O) groups is 2. The van der Waals surface area contributed by atoms with Crippen molar-refractivity contribution in [2.24, 2.45) is 5.92 Å². The van der Waals surface area contributed by atoms with E-state index in [-0.39, 0.29) is 23.8 Å². The summed E-state index contributed by atoms with van der Waals surface area (Å²) >= 11 is 0. The molecule has 0 bridgehead atoms. The quantitative estimate of drug-likeness (QED) is 0.871. The number of aliphatic carboxylic acids is 1. The highest BCUT2D eigenvalue weighted by Gasteiger charge is 2.25. The van der Waals surface area contributed by atoms with Crippen molar-refractivity contribution in [1.82, 2.24) is 9.88 Å². The number of piperidine rings is 1. The standard InChI is InChI=1S/C14H18N2O4/c17-11-2-1-7-15-13(11)14(20)16-8-5-10(6-9-16)3-4-12(18)19/h1-2,7,10,17H,3-6,8-9H2,(H,18,19). The molecule has 1 aliphatic rings. The van der Waals surface area contributed by atoms with Gasteiger partial charge in [-0.2, -0.15) is 0 Å². The molecule has 108 valence electrons. The molecule has 0 atom stereocenters. The minimum Gasteiger partial charge on any atom is -0.505 e. The van der Waals surface area contributed by atoms with Crippen LogP contribution in [-0.4, -0.2) is 45.1 Å². The predicted molar refractivity (Wildman–Crippen MR) is 71.4 cm³/mol. The lowest BCUT2D eigenvalue weighted by atomic mass is 9.92. The van der Waals surface area contributed by atoms with E-state index in [1.165, 1.54) is 12.3 Å². The molecule has 0 radical (unpaired) electrons. The lowest BCUT2D eigenvalue weighted by molar-refractivity contribution is -0.137. The third kappa shape index (κ3) is 3.46. The average Bonchev–Trinajstić information content (AvgIpc) is 2.45. The van der Waals surface area contributed by atoms with Gasteiger partial charge in [0.1, 0.15) is 5.75 Å². The first-order valence-electron chi connectivity index (χ1n) is 6.73. The van der Waals surface area contributed by atoms with Crippen molar-refractivity contribution < 1.29 is 19.8 Å². The van der Waals surface area contributed by atoms with Gasteiger partial charge in [0, 0.05) is 25.7 Å². The summed E-state index contributed by atoms with van der Waals surface area (Å²) in [6.07, 6.45) is 3.91. The summed E-state index contributed by atoms with van der Waals surface area (Å²) in [6, 6.07) is 3.02. The first kappa shape index (κ1) is 14.3. The average molecular weight is 278 g/mol. The van der Waals surface area contributed by atoms with Crippen molar-refractivity contribution in [2.45, 2.75) is 25.7 Å². The van der Waals surface area contributed by atoms with Crippen LogP contribution < -0.4 is 0 Å². The molecule has 1 aromatic heterocycles. The molecule has 6 heteroatoms. The molecule has 0 aliphatic carbocycles. The molecule has 0 aromatic carbocycles. The molecule has 1 fully saturated rings. The fraction of sp³-hybridized carbons (Fsp3) is 0.500. The van der Waals surface area contributed by atoms with E-state index in [9.17, 15) is 14.7 Å². The van der Waals surface area contributed by atoms with Gasteiger partial charge in [-0.15, -0.1) is 0 Å². The number of amides is 1. The third-order valence-electron chi connectivity index (χ3n) is 3.66. The van der Waals surface area contributed by atoms with E-state index in [0.717, 1.165) is 12.8 Å². The summed E-state index contributed by atoms with van der Waals surface area (Å²) in [5.74, 6) is -0.792. The molecule has 2 rings (SSSR count). The second-order valence-electron chi connectivity index (χ2n) is 5.04. The number of aromatic hydroxyl groups is 1. The highest BCUT2D eigenvalue weighted by molar-refractivity contribution is 5.94. The minimum atomic E-state index is -0.776. The zero-order valence-electron chi connectivity index (χ0n) is 11.2. The molecular formula is C14H18N2O4. The maximum absolute atomic E-state index is 12.2. The second kappa shape index (κ2) is 6.36. The first-order valence-corrected chi connectivity index (χ1v) is 6.73. The van der Waals surface area contributed by atoms with Crippen LogP contribution in [0.15, 0.2) is 18.3 Å². The van der Waals surface area contributed by atoms with Crippen molar-refractivity contribution >= 4 is 11.9 Å². The number of hydrogen-bond donors (Lipinski definition) is 2. The van der Waals surface area contributed by atoms with Gasteiger partial charge >= 0.3 is 5.97 Å². The monoisotopic (exact) mass is 278 g/mol. The Hall–Kier alpha value is -2.11. The fourth-order valence-corrected chi connectivity index (χ4v) is 2.46. The van der Waals surface area contributed by atoms with Gasteiger partial charge in [-0.1, -0.05) is 0 Å². The first-order chi connectivity index (χ1) is 9.58. The van der Waals surface area contributed by atoms with Gasteiger partial charge in [0.05, 0.1) is 0 Å². The van der Waals surface area contributed by atoms with Crippen LogP contribution in [0.3, 0.4) is 0 Å². The van der Waals surface area contributed by atoms with E-state index in [0.29, 0.717) is 25.4 Å². The number of rotatable bonds is 4. The van der Waals surface area contributed by atoms with Crippen LogP contribution in [0.2, 0.25) is 0 Å². The zero-order chi connectivity index (χ0) is 14.5. The fourth-order valence-electron chi connectivity index (χ4n) is 2.46. The molecule has 1 amide bonds. The van der Waals surface area contributed by atoms with Crippen molar-refractivity contribution in [1.29, 1.82) is 0 Å². The van der Waals surface area contributed by atoms with E-state index >= 15 is 0 Å². The SMILES string of the molecule is O=C(O)CCC1CCN(C(=O)c2ncccc2O)CC1. The molecule has 2 heterocycles. The molecule has 1 saturated heterocycles. The van der Waals surface area contributed by atoms with Crippen LogP contribution >= 0.6 is 0 Å². The number of aromatic nitrogens is 1. The Labute approximate surface area is 117 Å². The Balaban J connectivity index is 1.89. The molecule has 0 unspecified atom stereocenters. The molecule has 20 heavy (non-hydrogen) atoms. The van der Waals surface area contributed by atoms with Crippen LogP contribution in [0.1, 0.15) is 36.2 Å². The van der Waals surface area contributed by atoms with Crippen molar-refractivity contribution in [3.05, 3.63) is 24.0 Å². The summed E-state index contributed by atoms with van der Waals surface area (Å²) in [7, 11) is 0. The van der Waals surface area contributed by atoms with Crippen LogP contribution in [-0.2, 0) is 4.79 Å². The molecule has 1 aliphatic heterocycles. The zero-order valence-corrected chi connectivity index (χ0v) is 11.2. The van der Waals surface area contributed by atoms with Crippen LogP contribution in [0.25, 0.3) is 0 Å². The Bertz CT molecular complexity index is 496. The molecule has 0 saturated carbocycles. The highest BCUT2D eigenvalue weighted by Crippen LogP contribution is 2.24. The number of carboxylic acids is 1. The van der Waals surface area contributed by atoms with Gasteiger partial charge in [0.15, 0.2) is 5.69 Å². The van der Waals surface area contributed by atoms with E-state index in [4.69, 9.17) is 5.11 Å². The predicted octanol–water partition coefficient (Wildman–Crippen LogP) is 1.50. The Morgan fingerprint density at radius 3 is 2.65 bits per heavy atom. The Morgan fingerprint density at radius 2 is 2.05 bits per heavy atom. The van der Waals surface area contributed by atoms with Crippen molar-refractivity contribution in [3.63, 3.8) is 0 Å². The van der Waals surface area contributed by atoms with Gasteiger partial charge in [-0.25, -0.2) is 4.98 Å². The van der Waals surface area contributed by atoms with Crippen molar-refractivity contribution in [3.8, 4) is 5.75 Å². The van der Waals surface area contributed by atoms with E-state index < -0.39 is 5.97 Å². The number of hydrogen-bond acceptors (Lipinski definition) is 4. The smallest absolute Gasteiger partial charge is 0.303 e. The van der Waals surface area contributed by atoms with Gasteiger partial charge in [-0.05, 0) is 37.3 Å². The van der Waals surface area contributed by atoms with Gasteiger partial charge in [0.25, 0.3) is 5.91 Å². The Morgan fingerprint density at radius 1 is 1.35 bits per heavy atom. The lowest BCUT2D eigenvalue weighted by Gasteiger charge is -2.31. The summed E-state index contributed by atoms with van der Waals surface area (Å²) in [6.45, 7) is 1.16. The van der Waals surface area contributed by atoms with Gasteiger partial charge in [-0.3, -0.25) is 9.59 Å². The highest BCUT2D eigenvalue weighted by atomic mass is 16.4. The maximum Gasteiger partial charge on any atom is 0.303 e. The molecule has 2 N–H and O–H groups in total. The molecule has 6 nitrogen and oxygen atoms in total. The number of pyridine rings is 1. The molecule has 0 spiro atoms. The number of nitrogens with zero attached hydrogens (tertiary/aromatic N) is 2. The number of carbonyl (C=O) groups excluding carboxylic acids is 1. The van der Waals surface area contributed by atoms with Crippen LogP contribution in [0.5, 0.6) is 5.75 Å². The largest absolute Gasteiger partial charge is 0.505 e. The molecular weight excluding hydrogens is 260 g/mol. The second-order valence-corrected chi connectivity index (χ2v) is 5.04. The maximum atomic E-state index is 12.2. The van der Waals surface area contributed by atoms with Crippen LogP contribution in [0, 0.1) is 5.92 Å².